The highest BCUT2D eigenvalue weighted by Gasteiger charge is 2.51. The number of hydrogen-bond acceptors (Lipinski definition) is 3. The molecular formula is C16H18F2N2O3. The SMILES string of the molecule is CC(C)(C)C(=O)CN1C(=O)N[C@](C)(c2ccc(F)cc2F)C1=O. The third-order valence-corrected chi connectivity index (χ3v) is 3.88. The van der Waals surface area contributed by atoms with Gasteiger partial charge in [-0.3, -0.25) is 14.5 Å². The lowest BCUT2D eigenvalue weighted by Gasteiger charge is -2.24. The zero-order valence-corrected chi connectivity index (χ0v) is 13.4. The fraction of sp³-hybridized carbons (Fsp3) is 0.438. The van der Waals surface area contributed by atoms with E-state index in [0.29, 0.717) is 6.07 Å². The average Bonchev–Trinajstić information content (AvgIpc) is 2.61. The van der Waals surface area contributed by atoms with E-state index in [0.717, 1.165) is 17.0 Å². The zero-order chi connectivity index (χ0) is 17.6. The number of hydrogen-bond donors (Lipinski definition) is 1. The minimum Gasteiger partial charge on any atom is -0.319 e. The van der Waals surface area contributed by atoms with Gasteiger partial charge in [0, 0.05) is 17.0 Å². The summed E-state index contributed by atoms with van der Waals surface area (Å²) in [6, 6.07) is 1.98. The molecule has 1 aliphatic rings. The average molecular weight is 324 g/mol. The third kappa shape index (κ3) is 2.95. The van der Waals surface area contributed by atoms with Crippen molar-refractivity contribution in [2.45, 2.75) is 33.2 Å². The standard InChI is InChI=1S/C16H18F2N2O3/c1-15(2,3)12(21)8-20-13(22)16(4,19-14(20)23)10-6-5-9(17)7-11(10)18/h5-7H,8H2,1-4H3,(H,19,23)/t16-/m1/s1. The van der Waals surface area contributed by atoms with E-state index in [9.17, 15) is 23.2 Å². The quantitative estimate of drug-likeness (QED) is 0.868. The lowest BCUT2D eigenvalue weighted by atomic mass is 9.89. The van der Waals surface area contributed by atoms with Gasteiger partial charge in [0.15, 0.2) is 5.78 Å². The Kier molecular flexibility index (Phi) is 4.00. The van der Waals surface area contributed by atoms with Gasteiger partial charge in [0.05, 0.1) is 6.54 Å². The Labute approximate surface area is 132 Å². The second-order valence-corrected chi connectivity index (χ2v) is 6.74. The Morgan fingerprint density at radius 2 is 1.87 bits per heavy atom. The molecule has 0 aliphatic carbocycles. The molecule has 1 N–H and O–H groups in total. The van der Waals surface area contributed by atoms with Gasteiger partial charge in [-0.1, -0.05) is 26.8 Å². The minimum atomic E-state index is -1.67. The minimum absolute atomic E-state index is 0.150. The second kappa shape index (κ2) is 5.40. The summed E-state index contributed by atoms with van der Waals surface area (Å²) >= 11 is 0. The molecule has 23 heavy (non-hydrogen) atoms. The first kappa shape index (κ1) is 17.1. The van der Waals surface area contributed by atoms with Crippen molar-refractivity contribution in [2.75, 3.05) is 6.54 Å². The molecule has 2 rings (SSSR count). The largest absolute Gasteiger partial charge is 0.325 e. The van der Waals surface area contributed by atoms with Gasteiger partial charge in [-0.2, -0.15) is 0 Å². The molecule has 1 saturated heterocycles. The number of nitrogens with zero attached hydrogens (tertiary/aromatic N) is 1. The van der Waals surface area contributed by atoms with Crippen molar-refractivity contribution in [3.05, 3.63) is 35.4 Å². The summed E-state index contributed by atoms with van der Waals surface area (Å²) in [5, 5.41) is 2.39. The van der Waals surface area contributed by atoms with Crippen molar-refractivity contribution < 1.29 is 23.2 Å². The molecule has 0 saturated carbocycles. The Hall–Kier alpha value is -2.31. The van der Waals surface area contributed by atoms with E-state index in [1.807, 2.05) is 0 Å². The van der Waals surface area contributed by atoms with Crippen molar-refractivity contribution in [3.63, 3.8) is 0 Å². The monoisotopic (exact) mass is 324 g/mol. The molecule has 1 fully saturated rings. The molecular weight excluding hydrogens is 306 g/mol. The highest BCUT2D eigenvalue weighted by Crippen LogP contribution is 2.31. The molecule has 0 spiro atoms. The first-order chi connectivity index (χ1) is 10.5. The van der Waals surface area contributed by atoms with Crippen LogP contribution in [0, 0.1) is 17.0 Å². The van der Waals surface area contributed by atoms with Crippen LogP contribution in [0.25, 0.3) is 0 Å². The van der Waals surface area contributed by atoms with E-state index >= 15 is 0 Å². The van der Waals surface area contributed by atoms with Crippen LogP contribution in [-0.2, 0) is 15.1 Å². The summed E-state index contributed by atoms with van der Waals surface area (Å²) in [7, 11) is 0. The summed E-state index contributed by atoms with van der Waals surface area (Å²) < 4.78 is 27.0. The number of ketones is 1. The Bertz CT molecular complexity index is 697. The fourth-order valence-corrected chi connectivity index (χ4v) is 2.30. The smallest absolute Gasteiger partial charge is 0.319 e. The molecule has 1 atom stereocenters. The van der Waals surface area contributed by atoms with Crippen molar-refractivity contribution >= 4 is 17.7 Å². The van der Waals surface area contributed by atoms with Crippen LogP contribution in [0.15, 0.2) is 18.2 Å². The van der Waals surface area contributed by atoms with Gasteiger partial charge in [0.25, 0.3) is 5.91 Å². The predicted molar refractivity (Wildman–Crippen MR) is 78.4 cm³/mol. The summed E-state index contributed by atoms with van der Waals surface area (Å²) in [6.45, 7) is 5.95. The van der Waals surface area contributed by atoms with E-state index in [4.69, 9.17) is 0 Å². The maximum Gasteiger partial charge on any atom is 0.325 e. The lowest BCUT2D eigenvalue weighted by Crippen LogP contribution is -2.43. The van der Waals surface area contributed by atoms with Gasteiger partial charge in [0.2, 0.25) is 0 Å². The van der Waals surface area contributed by atoms with Gasteiger partial charge in [-0.25, -0.2) is 13.6 Å². The molecule has 1 heterocycles. The Morgan fingerprint density at radius 3 is 2.39 bits per heavy atom. The van der Waals surface area contributed by atoms with E-state index < -0.39 is 41.1 Å². The van der Waals surface area contributed by atoms with Crippen LogP contribution in [0.3, 0.4) is 0 Å². The number of imide groups is 1. The third-order valence-electron chi connectivity index (χ3n) is 3.88. The van der Waals surface area contributed by atoms with Crippen LogP contribution in [0.2, 0.25) is 0 Å². The van der Waals surface area contributed by atoms with Crippen LogP contribution in [0.5, 0.6) is 0 Å². The van der Waals surface area contributed by atoms with Crippen molar-refractivity contribution in [1.82, 2.24) is 10.2 Å². The molecule has 0 radical (unpaired) electrons. The molecule has 124 valence electrons. The fourth-order valence-electron chi connectivity index (χ4n) is 2.30. The number of urea groups is 1. The topological polar surface area (TPSA) is 66.5 Å². The molecule has 0 bridgehead atoms. The number of halogens is 2. The molecule has 0 aromatic heterocycles. The Balaban J connectivity index is 2.35. The number of Topliss-reactive ketones (excluding diaryl/α,β-unsaturated/α-hetero) is 1. The summed E-state index contributed by atoms with van der Waals surface area (Å²) in [5.74, 6) is -2.77. The van der Waals surface area contributed by atoms with E-state index in [2.05, 4.69) is 5.32 Å². The van der Waals surface area contributed by atoms with Gasteiger partial charge < -0.3 is 5.32 Å². The molecule has 5 nitrogen and oxygen atoms in total. The maximum atomic E-state index is 14.0. The van der Waals surface area contributed by atoms with Crippen molar-refractivity contribution in [1.29, 1.82) is 0 Å². The van der Waals surface area contributed by atoms with Gasteiger partial charge in [-0.05, 0) is 13.0 Å². The van der Waals surface area contributed by atoms with Gasteiger partial charge in [0.1, 0.15) is 17.2 Å². The number of carbonyl (C=O) groups is 3. The van der Waals surface area contributed by atoms with E-state index in [1.165, 1.54) is 6.92 Å². The second-order valence-electron chi connectivity index (χ2n) is 6.74. The molecule has 7 heteroatoms. The first-order valence-electron chi connectivity index (χ1n) is 7.10. The number of nitrogens with one attached hydrogen (secondary N) is 1. The van der Waals surface area contributed by atoms with E-state index in [-0.39, 0.29) is 11.3 Å². The van der Waals surface area contributed by atoms with Crippen LogP contribution >= 0.6 is 0 Å². The molecule has 1 aromatic rings. The molecule has 3 amide bonds. The van der Waals surface area contributed by atoms with E-state index in [1.54, 1.807) is 20.8 Å². The summed E-state index contributed by atoms with van der Waals surface area (Å²) in [6.07, 6.45) is 0. The highest BCUT2D eigenvalue weighted by atomic mass is 19.1. The summed E-state index contributed by atoms with van der Waals surface area (Å²) in [5.41, 5.74) is -2.55. The van der Waals surface area contributed by atoms with Gasteiger partial charge >= 0.3 is 6.03 Å². The number of carbonyl (C=O) groups excluding carboxylic acids is 3. The van der Waals surface area contributed by atoms with Crippen molar-refractivity contribution in [2.24, 2.45) is 5.41 Å². The highest BCUT2D eigenvalue weighted by molar-refractivity contribution is 6.09. The number of benzene rings is 1. The number of amides is 3. The van der Waals surface area contributed by atoms with Crippen LogP contribution in [-0.4, -0.2) is 29.2 Å². The lowest BCUT2D eigenvalue weighted by molar-refractivity contribution is -0.136. The maximum absolute atomic E-state index is 14.0. The predicted octanol–water partition coefficient (Wildman–Crippen LogP) is 2.35. The molecule has 1 aromatic carbocycles. The normalized spacial score (nSPS) is 21.6. The van der Waals surface area contributed by atoms with Crippen molar-refractivity contribution in [3.8, 4) is 0 Å². The molecule has 0 unspecified atom stereocenters. The molecule has 1 aliphatic heterocycles. The Morgan fingerprint density at radius 1 is 1.26 bits per heavy atom. The van der Waals surface area contributed by atoms with Crippen LogP contribution in [0.1, 0.15) is 33.3 Å². The van der Waals surface area contributed by atoms with Crippen LogP contribution < -0.4 is 5.32 Å². The number of rotatable bonds is 3. The van der Waals surface area contributed by atoms with Crippen LogP contribution in [0.4, 0.5) is 13.6 Å². The summed E-state index contributed by atoms with van der Waals surface area (Å²) in [4.78, 5) is 37.5. The van der Waals surface area contributed by atoms with Gasteiger partial charge in [-0.15, -0.1) is 0 Å². The zero-order valence-electron chi connectivity index (χ0n) is 13.4. The first-order valence-corrected chi connectivity index (χ1v) is 7.10.